The monoisotopic (exact) mass is 394 g/mol. The van der Waals surface area contributed by atoms with Crippen molar-refractivity contribution in [2.45, 2.75) is 32.1 Å². The molecule has 0 bridgehead atoms. The minimum absolute atomic E-state index is 0.227. The van der Waals surface area contributed by atoms with Crippen LogP contribution in [-0.2, 0) is 24.1 Å². The molecule has 2 aliphatic rings. The van der Waals surface area contributed by atoms with Crippen LogP contribution in [0.25, 0.3) is 5.57 Å². The van der Waals surface area contributed by atoms with E-state index in [9.17, 15) is 4.79 Å². The van der Waals surface area contributed by atoms with Crippen LogP contribution in [0.5, 0.6) is 0 Å². The molecule has 3 heteroatoms. The summed E-state index contributed by atoms with van der Waals surface area (Å²) in [5.74, 6) is 0.227. The number of piperidine rings is 1. The lowest BCUT2D eigenvalue weighted by Gasteiger charge is -2.30. The van der Waals surface area contributed by atoms with Gasteiger partial charge in [-0.1, -0.05) is 66.2 Å². The lowest BCUT2D eigenvalue weighted by Crippen LogP contribution is -2.37. The van der Waals surface area contributed by atoms with Crippen molar-refractivity contribution in [3.63, 3.8) is 0 Å². The van der Waals surface area contributed by atoms with Gasteiger partial charge < -0.3 is 4.90 Å². The summed E-state index contributed by atoms with van der Waals surface area (Å²) in [6, 6.07) is 23.1. The van der Waals surface area contributed by atoms with Gasteiger partial charge in [0.25, 0.3) is 0 Å². The third kappa shape index (κ3) is 3.68. The standard InChI is InChI=1S/C27H26N2O/c30-25(19-20-7-2-1-3-8-20)29-17-14-22(15-18-29)26-24-11-5-4-9-21(24)12-13-23-10-6-16-28-27(23)26/h1-11,16H,12-15,17-19H2. The van der Waals surface area contributed by atoms with Gasteiger partial charge >= 0.3 is 0 Å². The van der Waals surface area contributed by atoms with E-state index in [4.69, 9.17) is 4.98 Å². The number of aryl methyl sites for hydroxylation is 2. The van der Waals surface area contributed by atoms with Gasteiger partial charge in [-0.15, -0.1) is 0 Å². The van der Waals surface area contributed by atoms with E-state index in [-0.39, 0.29) is 5.91 Å². The van der Waals surface area contributed by atoms with E-state index < -0.39 is 0 Å². The maximum absolute atomic E-state index is 12.8. The number of fused-ring (bicyclic) bond motifs is 2. The van der Waals surface area contributed by atoms with Crippen LogP contribution < -0.4 is 0 Å². The fourth-order valence-electron chi connectivity index (χ4n) is 4.76. The Bertz CT molecular complexity index is 1040. The van der Waals surface area contributed by atoms with Gasteiger partial charge in [0.05, 0.1) is 12.1 Å². The molecule has 1 aromatic heterocycles. The molecule has 0 saturated carbocycles. The Morgan fingerprint density at radius 1 is 0.800 bits per heavy atom. The Morgan fingerprint density at radius 2 is 1.50 bits per heavy atom. The Morgan fingerprint density at radius 3 is 2.33 bits per heavy atom. The molecule has 5 rings (SSSR count). The molecular formula is C27H26N2O. The zero-order valence-corrected chi connectivity index (χ0v) is 17.2. The van der Waals surface area contributed by atoms with Crippen molar-refractivity contribution in [3.8, 4) is 0 Å². The number of hydrogen-bond donors (Lipinski definition) is 0. The summed E-state index contributed by atoms with van der Waals surface area (Å²) >= 11 is 0. The smallest absolute Gasteiger partial charge is 0.227 e. The van der Waals surface area contributed by atoms with Crippen LogP contribution in [0.3, 0.4) is 0 Å². The lowest BCUT2D eigenvalue weighted by molar-refractivity contribution is -0.130. The van der Waals surface area contributed by atoms with E-state index in [1.165, 1.54) is 27.8 Å². The average Bonchev–Trinajstić information content (AvgIpc) is 2.97. The van der Waals surface area contributed by atoms with Crippen molar-refractivity contribution in [2.24, 2.45) is 0 Å². The number of nitrogens with zero attached hydrogens (tertiary/aromatic N) is 2. The van der Waals surface area contributed by atoms with Gasteiger partial charge in [-0.05, 0) is 54.0 Å². The Kier molecular flexibility index (Phi) is 5.18. The number of carbonyl (C=O) groups is 1. The molecule has 150 valence electrons. The van der Waals surface area contributed by atoms with Crippen molar-refractivity contribution in [2.75, 3.05) is 13.1 Å². The van der Waals surface area contributed by atoms with Gasteiger partial charge in [0.2, 0.25) is 5.91 Å². The second-order valence-corrected chi connectivity index (χ2v) is 8.19. The average molecular weight is 395 g/mol. The van der Waals surface area contributed by atoms with Crippen LogP contribution >= 0.6 is 0 Å². The molecule has 3 nitrogen and oxygen atoms in total. The van der Waals surface area contributed by atoms with Crippen molar-refractivity contribution in [1.82, 2.24) is 9.88 Å². The zero-order valence-electron chi connectivity index (χ0n) is 17.2. The molecule has 1 saturated heterocycles. The minimum atomic E-state index is 0.227. The number of likely N-dealkylation sites (tertiary alicyclic amines) is 1. The van der Waals surface area contributed by atoms with Crippen LogP contribution in [0.15, 0.2) is 78.5 Å². The zero-order chi connectivity index (χ0) is 20.3. The highest BCUT2D eigenvalue weighted by molar-refractivity contribution is 5.85. The first-order chi connectivity index (χ1) is 14.8. The largest absolute Gasteiger partial charge is 0.342 e. The van der Waals surface area contributed by atoms with Crippen molar-refractivity contribution in [1.29, 1.82) is 0 Å². The number of aromatic nitrogens is 1. The fourth-order valence-corrected chi connectivity index (χ4v) is 4.76. The maximum atomic E-state index is 12.8. The summed E-state index contributed by atoms with van der Waals surface area (Å²) in [5.41, 5.74) is 9.04. The minimum Gasteiger partial charge on any atom is -0.342 e. The van der Waals surface area contributed by atoms with E-state index in [0.717, 1.165) is 50.0 Å². The molecule has 1 aliphatic heterocycles. The lowest BCUT2D eigenvalue weighted by atomic mass is 9.88. The van der Waals surface area contributed by atoms with E-state index in [1.807, 2.05) is 47.5 Å². The van der Waals surface area contributed by atoms with Crippen LogP contribution in [0.2, 0.25) is 0 Å². The number of rotatable bonds is 2. The van der Waals surface area contributed by atoms with Gasteiger partial charge in [0.15, 0.2) is 0 Å². The van der Waals surface area contributed by atoms with Crippen LogP contribution in [-0.4, -0.2) is 28.9 Å². The highest BCUT2D eigenvalue weighted by Crippen LogP contribution is 2.37. The molecule has 1 fully saturated rings. The van der Waals surface area contributed by atoms with Gasteiger partial charge in [-0.25, -0.2) is 0 Å². The third-order valence-corrected chi connectivity index (χ3v) is 6.35. The van der Waals surface area contributed by atoms with E-state index >= 15 is 0 Å². The third-order valence-electron chi connectivity index (χ3n) is 6.35. The number of hydrogen-bond acceptors (Lipinski definition) is 2. The highest BCUT2D eigenvalue weighted by atomic mass is 16.2. The predicted molar refractivity (Wildman–Crippen MR) is 120 cm³/mol. The quantitative estimate of drug-likeness (QED) is 0.623. The van der Waals surface area contributed by atoms with Crippen molar-refractivity contribution >= 4 is 11.5 Å². The van der Waals surface area contributed by atoms with Gasteiger partial charge in [-0.2, -0.15) is 0 Å². The Labute approximate surface area is 178 Å². The molecule has 0 N–H and O–H groups in total. The summed E-state index contributed by atoms with van der Waals surface area (Å²) in [4.78, 5) is 19.6. The van der Waals surface area contributed by atoms with E-state index in [2.05, 4.69) is 30.3 Å². The first-order valence-corrected chi connectivity index (χ1v) is 10.9. The number of pyridine rings is 1. The molecule has 3 aromatic rings. The Balaban J connectivity index is 1.43. The van der Waals surface area contributed by atoms with Gasteiger partial charge in [0, 0.05) is 24.9 Å². The van der Waals surface area contributed by atoms with E-state index in [1.54, 1.807) is 0 Å². The normalized spacial score (nSPS) is 15.9. The molecule has 0 radical (unpaired) electrons. The van der Waals surface area contributed by atoms with Gasteiger partial charge in [0.1, 0.15) is 0 Å². The predicted octanol–water partition coefficient (Wildman–Crippen LogP) is 4.85. The number of amides is 1. The van der Waals surface area contributed by atoms with Crippen LogP contribution in [0.1, 0.15) is 40.8 Å². The summed E-state index contributed by atoms with van der Waals surface area (Å²) in [7, 11) is 0. The SMILES string of the molecule is O=C(Cc1ccccc1)N1CCC(=C2c3ccccc3CCc3cccnc32)CC1. The number of benzene rings is 2. The first-order valence-electron chi connectivity index (χ1n) is 10.9. The van der Waals surface area contributed by atoms with Gasteiger partial charge in [-0.3, -0.25) is 9.78 Å². The molecule has 2 aromatic carbocycles. The highest BCUT2D eigenvalue weighted by Gasteiger charge is 2.26. The molecule has 0 atom stereocenters. The second-order valence-electron chi connectivity index (χ2n) is 8.19. The molecular weight excluding hydrogens is 368 g/mol. The second kappa shape index (κ2) is 8.27. The Hall–Kier alpha value is -3.20. The van der Waals surface area contributed by atoms with Crippen molar-refractivity contribution < 1.29 is 4.79 Å². The summed E-state index contributed by atoms with van der Waals surface area (Å²) in [6.45, 7) is 1.57. The fraction of sp³-hybridized carbons (Fsp3) is 0.259. The summed E-state index contributed by atoms with van der Waals surface area (Å²) < 4.78 is 0. The van der Waals surface area contributed by atoms with Crippen LogP contribution in [0.4, 0.5) is 0 Å². The first kappa shape index (κ1) is 18.8. The molecule has 1 amide bonds. The molecule has 2 heterocycles. The molecule has 0 unspecified atom stereocenters. The maximum Gasteiger partial charge on any atom is 0.227 e. The van der Waals surface area contributed by atoms with E-state index in [0.29, 0.717) is 6.42 Å². The number of carbonyl (C=O) groups excluding carboxylic acids is 1. The molecule has 30 heavy (non-hydrogen) atoms. The van der Waals surface area contributed by atoms with Crippen molar-refractivity contribution in [3.05, 3.63) is 106 Å². The molecule has 0 spiro atoms. The summed E-state index contributed by atoms with van der Waals surface area (Å²) in [6.07, 6.45) is 6.30. The topological polar surface area (TPSA) is 33.2 Å². The van der Waals surface area contributed by atoms with Crippen LogP contribution in [0, 0.1) is 0 Å². The summed E-state index contributed by atoms with van der Waals surface area (Å²) in [5, 5.41) is 0. The molecule has 1 aliphatic carbocycles.